The summed E-state index contributed by atoms with van der Waals surface area (Å²) in [7, 11) is -4.94. The highest BCUT2D eigenvalue weighted by Gasteiger charge is 2.25. The molecule has 0 fully saturated rings. The third kappa shape index (κ3) is 4.15. The van der Waals surface area contributed by atoms with Crippen LogP contribution in [0, 0.1) is 10.2 Å². The van der Waals surface area contributed by atoms with Gasteiger partial charge in [0.05, 0.1) is 0 Å². The number of hydrogen-bond donors (Lipinski definition) is 0. The van der Waals surface area contributed by atoms with E-state index in [4.69, 9.17) is 18.6 Å². The van der Waals surface area contributed by atoms with Crippen molar-refractivity contribution in [3.8, 4) is 0 Å². The van der Waals surface area contributed by atoms with Crippen molar-refractivity contribution in [2.75, 3.05) is 0 Å². The number of aromatic nitrogens is 2. The molecule has 8 heteroatoms. The van der Waals surface area contributed by atoms with Crippen LogP contribution in [0.4, 0.5) is 0 Å². The highest BCUT2D eigenvalue weighted by molar-refractivity contribution is 7.14. The van der Waals surface area contributed by atoms with Gasteiger partial charge in [-0.2, -0.15) is 4.40 Å². The summed E-state index contributed by atoms with van der Waals surface area (Å²) in [5.74, 6) is 0. The number of nitrogens with zero attached hydrogens (tertiary/aromatic N) is 2. The van der Waals surface area contributed by atoms with E-state index in [0.29, 0.717) is 0 Å². The molecule has 0 radical (unpaired) electrons. The molecule has 24 heavy (non-hydrogen) atoms. The average molecular weight is 365 g/mol. The molecule has 0 N–H and O–H groups in total. The average Bonchev–Trinajstić information content (AvgIpc) is 3.12. The van der Waals surface area contributed by atoms with Crippen LogP contribution in [0.15, 0.2) is 48.1 Å². The molecule has 2 heterocycles. The van der Waals surface area contributed by atoms with Crippen LogP contribution in [-0.2, 0) is 6.42 Å². The molecule has 0 saturated carbocycles. The maximum Gasteiger partial charge on any atom is 0.387 e. The van der Waals surface area contributed by atoms with E-state index in [-0.39, 0.29) is 0 Å². The normalized spacial score (nSPS) is 15.2. The van der Waals surface area contributed by atoms with E-state index in [2.05, 4.69) is 57.4 Å². The van der Waals surface area contributed by atoms with E-state index in [0.717, 1.165) is 17.8 Å². The first-order valence-corrected chi connectivity index (χ1v) is 9.18. The van der Waals surface area contributed by atoms with Crippen molar-refractivity contribution in [3.63, 3.8) is 0 Å². The second-order valence-corrected chi connectivity index (χ2v) is 6.77. The van der Waals surface area contributed by atoms with E-state index in [1.54, 1.807) is 11.3 Å². The van der Waals surface area contributed by atoms with Gasteiger partial charge >= 0.3 is 4.96 Å². The molecule has 0 amide bonds. The maximum absolute atomic E-state index is 8.49. The predicted molar refractivity (Wildman–Crippen MR) is 77.9 cm³/mol. The lowest BCUT2D eigenvalue weighted by atomic mass is 10.1. The molecule has 4 rings (SSSR count). The summed E-state index contributed by atoms with van der Waals surface area (Å²) in [6.45, 7) is 0. The zero-order valence-corrected chi connectivity index (χ0v) is 14.0. The predicted octanol–water partition coefficient (Wildman–Crippen LogP) is -1.39. The summed E-state index contributed by atoms with van der Waals surface area (Å²) < 4.78 is 36.2. The number of fused-ring (bicyclic) bond motifs is 3. The van der Waals surface area contributed by atoms with Crippen LogP contribution in [0.5, 0.6) is 0 Å². The topological polar surface area (TPSA) is 109 Å². The third-order valence-corrected chi connectivity index (χ3v) is 4.34. The van der Waals surface area contributed by atoms with Gasteiger partial charge in [-0.05, 0) is 29.5 Å². The van der Waals surface area contributed by atoms with Gasteiger partial charge in [0.2, 0.25) is 0 Å². The first-order chi connectivity index (χ1) is 11.4. The minimum absolute atomic E-state index is 1.07. The monoisotopic (exact) mass is 364 g/mol. The molecule has 0 aliphatic heterocycles. The molecule has 0 spiro atoms. The summed E-state index contributed by atoms with van der Waals surface area (Å²) in [6.07, 6.45) is 8.66. The van der Waals surface area contributed by atoms with E-state index in [1.165, 1.54) is 22.4 Å². The molecular weight excluding hydrogens is 352 g/mol. The molecule has 2 aromatic heterocycles. The van der Waals surface area contributed by atoms with Crippen molar-refractivity contribution in [2.24, 2.45) is 0 Å². The first-order valence-electron chi connectivity index (χ1n) is 7.06. The SMILES string of the molecule is C(=C1/CCc2cnc3scc[n+]3c21)/c1ccccc1.[O-][Cl+3]([O-])([O-])[O-]. The zero-order valence-electron chi connectivity index (χ0n) is 12.4. The second-order valence-electron chi connectivity index (χ2n) is 5.15. The van der Waals surface area contributed by atoms with Crippen LogP contribution in [0.25, 0.3) is 16.6 Å². The summed E-state index contributed by atoms with van der Waals surface area (Å²) in [6, 6.07) is 10.5. The largest absolute Gasteiger partial charge is 0.387 e. The van der Waals surface area contributed by atoms with Crippen LogP contribution in [0.2, 0.25) is 0 Å². The maximum atomic E-state index is 8.49. The lowest BCUT2D eigenvalue weighted by Gasteiger charge is -2.17. The van der Waals surface area contributed by atoms with Crippen LogP contribution < -0.4 is 23.0 Å². The van der Waals surface area contributed by atoms with Crippen molar-refractivity contribution in [3.05, 3.63) is 64.9 Å². The Labute approximate surface area is 144 Å². The third-order valence-electron chi connectivity index (χ3n) is 3.57. The molecule has 1 aliphatic rings. The summed E-state index contributed by atoms with van der Waals surface area (Å²) in [4.78, 5) is 5.58. The van der Waals surface area contributed by atoms with E-state index in [9.17, 15) is 0 Å². The Morgan fingerprint density at radius 2 is 1.79 bits per heavy atom. The second kappa shape index (κ2) is 6.94. The van der Waals surface area contributed by atoms with Gasteiger partial charge in [-0.3, -0.25) is 0 Å². The molecule has 0 bridgehead atoms. The summed E-state index contributed by atoms with van der Waals surface area (Å²) in [5.41, 5.74) is 5.39. The van der Waals surface area contributed by atoms with Gasteiger partial charge in [-0.15, -0.1) is 10.2 Å². The highest BCUT2D eigenvalue weighted by atomic mass is 35.7. The van der Waals surface area contributed by atoms with Crippen molar-refractivity contribution in [1.82, 2.24) is 4.98 Å². The van der Waals surface area contributed by atoms with Crippen molar-refractivity contribution < 1.29 is 33.3 Å². The fraction of sp³-hybridized carbons (Fsp3) is 0.125. The summed E-state index contributed by atoms with van der Waals surface area (Å²) >= 11 is 1.69. The van der Waals surface area contributed by atoms with Crippen molar-refractivity contribution >= 4 is 27.9 Å². The lowest BCUT2D eigenvalue weighted by Crippen LogP contribution is -2.68. The molecule has 124 valence electrons. The minimum atomic E-state index is -4.94. The number of allylic oxidation sites excluding steroid dienone is 1. The van der Waals surface area contributed by atoms with Crippen LogP contribution in [-0.4, -0.2) is 4.98 Å². The smallest absolute Gasteiger partial charge is 0.222 e. The van der Waals surface area contributed by atoms with Gasteiger partial charge < -0.3 is 0 Å². The Balaban J connectivity index is 0.000000300. The fourth-order valence-electron chi connectivity index (χ4n) is 2.71. The molecule has 1 aliphatic carbocycles. The van der Waals surface area contributed by atoms with Gasteiger partial charge in [0.1, 0.15) is 18.1 Å². The van der Waals surface area contributed by atoms with Crippen molar-refractivity contribution in [2.45, 2.75) is 12.8 Å². The Kier molecular flexibility index (Phi) is 4.91. The molecule has 0 saturated heterocycles. The van der Waals surface area contributed by atoms with Crippen molar-refractivity contribution in [1.29, 1.82) is 0 Å². The fourth-order valence-corrected chi connectivity index (χ4v) is 3.39. The number of benzene rings is 1. The zero-order chi connectivity index (χ0) is 17.2. The van der Waals surface area contributed by atoms with Gasteiger partial charge in [-0.1, -0.05) is 41.7 Å². The standard InChI is InChI=1S/C16H13N2S.ClHO4/c1-2-4-12(5-3-1)10-13-6-7-14-11-17-16-18(15(13)14)8-9-19-16;2-1(3,4)5/h1-5,8-11H,6-7H2;(H,2,3,4,5)/q+1;/p-1/b13-10+;. The Bertz CT molecular complexity index is 869. The number of thiazole rings is 1. The lowest BCUT2D eigenvalue weighted by molar-refractivity contribution is -2.00. The number of rotatable bonds is 1. The van der Waals surface area contributed by atoms with Gasteiger partial charge in [0, 0.05) is 16.5 Å². The number of halogens is 1. The molecule has 1 aromatic carbocycles. The molecule has 0 atom stereocenters. The highest BCUT2D eigenvalue weighted by Crippen LogP contribution is 2.31. The Morgan fingerprint density at radius 1 is 1.08 bits per heavy atom. The Hall–Kier alpha value is -1.87. The molecule has 3 aromatic rings. The van der Waals surface area contributed by atoms with Crippen LogP contribution >= 0.6 is 11.3 Å². The quantitative estimate of drug-likeness (QED) is 0.494. The molecular formula is C16H13ClN2O4S. The van der Waals surface area contributed by atoms with Gasteiger partial charge in [-0.25, -0.2) is 18.6 Å². The minimum Gasteiger partial charge on any atom is -0.222 e. The molecule has 6 nitrogen and oxygen atoms in total. The Morgan fingerprint density at radius 3 is 2.50 bits per heavy atom. The summed E-state index contributed by atoms with van der Waals surface area (Å²) in [5, 5.41) is 2.10. The van der Waals surface area contributed by atoms with Crippen LogP contribution in [0.1, 0.15) is 23.2 Å². The van der Waals surface area contributed by atoms with Gasteiger partial charge in [0.25, 0.3) is 0 Å². The molecule has 0 unspecified atom stereocenters. The van der Waals surface area contributed by atoms with Crippen LogP contribution in [0.3, 0.4) is 0 Å². The number of hydrogen-bond acceptors (Lipinski definition) is 6. The van der Waals surface area contributed by atoms with E-state index < -0.39 is 10.2 Å². The van der Waals surface area contributed by atoms with E-state index >= 15 is 0 Å². The number of aryl methyl sites for hydroxylation is 1. The van der Waals surface area contributed by atoms with E-state index in [1.807, 2.05) is 6.20 Å². The first kappa shape index (κ1) is 17.0. The van der Waals surface area contributed by atoms with Gasteiger partial charge in [0.15, 0.2) is 0 Å².